The second-order valence-electron chi connectivity index (χ2n) is 4.02. The summed E-state index contributed by atoms with van der Waals surface area (Å²) in [5.74, 6) is 0. The number of hydrogen-bond acceptors (Lipinski definition) is 4. The highest BCUT2D eigenvalue weighted by atomic mass is 28.2. The van der Waals surface area contributed by atoms with E-state index in [1.807, 2.05) is 6.92 Å². The predicted octanol–water partition coefficient (Wildman–Crippen LogP) is 1.38. The Kier molecular flexibility index (Phi) is 11.6. The summed E-state index contributed by atoms with van der Waals surface area (Å²) < 4.78 is 16.6. The standard InChI is InChI=1S/C11H27NO3Si/c1-4-7-13-11(14-8-5-2)15-16-9-6-10(3)12/h10-11H,4-9,12,16H2,1-3H3. The SMILES string of the molecule is CCCOC(OCCC)O[SiH2]CCC(C)N. The molecule has 98 valence electrons. The summed E-state index contributed by atoms with van der Waals surface area (Å²) in [6, 6.07) is 1.35. The van der Waals surface area contributed by atoms with E-state index in [0.29, 0.717) is 13.2 Å². The number of nitrogens with two attached hydrogens (primary N) is 1. The molecule has 2 N–H and O–H groups in total. The fourth-order valence-electron chi connectivity index (χ4n) is 1.16. The second-order valence-corrected chi connectivity index (χ2v) is 5.47. The average Bonchev–Trinajstić information content (AvgIpc) is 2.26. The van der Waals surface area contributed by atoms with E-state index in [2.05, 4.69) is 13.8 Å². The molecule has 1 unspecified atom stereocenters. The lowest BCUT2D eigenvalue weighted by molar-refractivity contribution is -0.247. The normalized spacial score (nSPS) is 14.1. The number of ether oxygens (including phenoxy) is 2. The molecule has 0 aliphatic rings. The van der Waals surface area contributed by atoms with Crippen molar-refractivity contribution in [3.8, 4) is 0 Å². The highest BCUT2D eigenvalue weighted by Crippen LogP contribution is 2.02. The Morgan fingerprint density at radius 1 is 1.12 bits per heavy atom. The summed E-state index contributed by atoms with van der Waals surface area (Å²) in [7, 11) is -0.565. The molecule has 0 aliphatic carbocycles. The zero-order valence-corrected chi connectivity index (χ0v) is 12.3. The smallest absolute Gasteiger partial charge is 0.261 e. The maximum atomic E-state index is 5.67. The van der Waals surface area contributed by atoms with Crippen molar-refractivity contribution in [3.05, 3.63) is 0 Å². The van der Waals surface area contributed by atoms with Crippen LogP contribution in [0.25, 0.3) is 0 Å². The molecular formula is C11H27NO3Si. The van der Waals surface area contributed by atoms with E-state index >= 15 is 0 Å². The summed E-state index contributed by atoms with van der Waals surface area (Å²) in [6.45, 7) is 7.10. The molecule has 16 heavy (non-hydrogen) atoms. The van der Waals surface area contributed by atoms with Gasteiger partial charge in [-0.05, 0) is 32.2 Å². The van der Waals surface area contributed by atoms with Crippen LogP contribution in [-0.4, -0.2) is 35.5 Å². The van der Waals surface area contributed by atoms with Gasteiger partial charge >= 0.3 is 0 Å². The first-order valence-corrected chi connectivity index (χ1v) is 7.88. The minimum Gasteiger partial charge on any atom is -0.379 e. The van der Waals surface area contributed by atoms with Crippen LogP contribution in [0.5, 0.6) is 0 Å². The predicted molar refractivity (Wildman–Crippen MR) is 69.0 cm³/mol. The van der Waals surface area contributed by atoms with Crippen molar-refractivity contribution in [2.45, 2.75) is 58.6 Å². The molecule has 0 bridgehead atoms. The van der Waals surface area contributed by atoms with Crippen LogP contribution in [0.2, 0.25) is 6.04 Å². The van der Waals surface area contributed by atoms with Crippen molar-refractivity contribution >= 4 is 9.76 Å². The van der Waals surface area contributed by atoms with Gasteiger partial charge in [-0.15, -0.1) is 0 Å². The molecule has 0 amide bonds. The Hall–Kier alpha value is 0.0569. The van der Waals surface area contributed by atoms with E-state index in [9.17, 15) is 0 Å². The van der Waals surface area contributed by atoms with E-state index in [0.717, 1.165) is 25.3 Å². The van der Waals surface area contributed by atoms with Crippen molar-refractivity contribution in [1.82, 2.24) is 0 Å². The van der Waals surface area contributed by atoms with Crippen molar-refractivity contribution in [1.29, 1.82) is 0 Å². The van der Waals surface area contributed by atoms with Gasteiger partial charge in [-0.2, -0.15) is 0 Å². The molecule has 0 aromatic carbocycles. The van der Waals surface area contributed by atoms with Crippen LogP contribution in [0.3, 0.4) is 0 Å². The fraction of sp³-hybridized carbons (Fsp3) is 1.00. The molecular weight excluding hydrogens is 222 g/mol. The van der Waals surface area contributed by atoms with Gasteiger partial charge in [0.15, 0.2) is 9.76 Å². The summed E-state index contributed by atoms with van der Waals surface area (Å²) in [6.07, 6.45) is 2.99. The van der Waals surface area contributed by atoms with E-state index in [1.54, 1.807) is 0 Å². The lowest BCUT2D eigenvalue weighted by atomic mass is 10.3. The monoisotopic (exact) mass is 249 g/mol. The summed E-state index contributed by atoms with van der Waals surface area (Å²) in [4.78, 5) is 0. The van der Waals surface area contributed by atoms with Gasteiger partial charge in [0.1, 0.15) is 0 Å². The Labute approximate surface area is 102 Å². The van der Waals surface area contributed by atoms with Crippen molar-refractivity contribution in [2.75, 3.05) is 13.2 Å². The first kappa shape index (κ1) is 16.1. The molecule has 0 heterocycles. The van der Waals surface area contributed by atoms with Crippen molar-refractivity contribution in [3.63, 3.8) is 0 Å². The van der Waals surface area contributed by atoms with Crippen LogP contribution in [0.15, 0.2) is 0 Å². The zero-order chi connectivity index (χ0) is 12.2. The van der Waals surface area contributed by atoms with Gasteiger partial charge in [-0.3, -0.25) is 0 Å². The van der Waals surface area contributed by atoms with Crippen LogP contribution < -0.4 is 5.73 Å². The van der Waals surface area contributed by atoms with Crippen LogP contribution in [0.4, 0.5) is 0 Å². The molecule has 0 aromatic heterocycles. The Morgan fingerprint density at radius 2 is 1.69 bits per heavy atom. The maximum absolute atomic E-state index is 5.67. The van der Waals surface area contributed by atoms with Crippen LogP contribution in [-0.2, 0) is 13.9 Å². The Bertz CT molecular complexity index is 139. The number of hydrogen-bond donors (Lipinski definition) is 1. The molecule has 0 aliphatic heterocycles. The topological polar surface area (TPSA) is 53.7 Å². The lowest BCUT2D eigenvalue weighted by Crippen LogP contribution is -2.24. The molecule has 0 aromatic rings. The Morgan fingerprint density at radius 3 is 2.12 bits per heavy atom. The first-order valence-electron chi connectivity index (χ1n) is 6.31. The van der Waals surface area contributed by atoms with Gasteiger partial charge in [0.25, 0.3) is 6.48 Å². The van der Waals surface area contributed by atoms with Crippen molar-refractivity contribution in [2.24, 2.45) is 5.73 Å². The van der Waals surface area contributed by atoms with Crippen LogP contribution in [0.1, 0.15) is 40.0 Å². The zero-order valence-electron chi connectivity index (χ0n) is 10.9. The highest BCUT2D eigenvalue weighted by molar-refractivity contribution is 6.27. The van der Waals surface area contributed by atoms with Gasteiger partial charge in [0, 0.05) is 6.04 Å². The molecule has 0 fully saturated rings. The summed E-state index contributed by atoms with van der Waals surface area (Å²) in [5.41, 5.74) is 5.67. The quantitative estimate of drug-likeness (QED) is 0.341. The number of rotatable bonds is 11. The fourth-order valence-corrected chi connectivity index (χ4v) is 2.52. The molecule has 0 spiro atoms. The highest BCUT2D eigenvalue weighted by Gasteiger charge is 2.08. The third-order valence-electron chi connectivity index (χ3n) is 1.97. The van der Waals surface area contributed by atoms with Gasteiger partial charge in [0.2, 0.25) is 0 Å². The van der Waals surface area contributed by atoms with Gasteiger partial charge < -0.3 is 19.6 Å². The van der Waals surface area contributed by atoms with E-state index < -0.39 is 16.2 Å². The lowest BCUT2D eigenvalue weighted by Gasteiger charge is -2.18. The molecule has 5 heteroatoms. The van der Waals surface area contributed by atoms with Crippen LogP contribution >= 0.6 is 0 Å². The van der Waals surface area contributed by atoms with Gasteiger partial charge in [-0.25, -0.2) is 0 Å². The van der Waals surface area contributed by atoms with E-state index in [4.69, 9.17) is 19.6 Å². The molecule has 0 rings (SSSR count). The average molecular weight is 249 g/mol. The third-order valence-corrected chi connectivity index (χ3v) is 3.18. The maximum Gasteiger partial charge on any atom is 0.261 e. The first-order chi connectivity index (χ1) is 7.70. The van der Waals surface area contributed by atoms with E-state index in [1.165, 1.54) is 0 Å². The Balaban J connectivity index is 3.56. The molecule has 0 saturated carbocycles. The molecule has 0 saturated heterocycles. The van der Waals surface area contributed by atoms with Crippen molar-refractivity contribution < 1.29 is 13.9 Å². The summed E-state index contributed by atoms with van der Waals surface area (Å²) >= 11 is 0. The minimum atomic E-state index is -0.565. The third kappa shape index (κ3) is 10.6. The summed E-state index contributed by atoms with van der Waals surface area (Å²) in [5, 5.41) is 0. The van der Waals surface area contributed by atoms with Gasteiger partial charge in [-0.1, -0.05) is 13.8 Å². The second kappa shape index (κ2) is 11.5. The van der Waals surface area contributed by atoms with Gasteiger partial charge in [0.05, 0.1) is 13.2 Å². The minimum absolute atomic E-state index is 0.266. The van der Waals surface area contributed by atoms with E-state index in [-0.39, 0.29) is 6.04 Å². The molecule has 0 radical (unpaired) electrons. The largest absolute Gasteiger partial charge is 0.379 e. The van der Waals surface area contributed by atoms with Crippen LogP contribution in [0, 0.1) is 0 Å². The molecule has 4 nitrogen and oxygen atoms in total. The molecule has 1 atom stereocenters.